The molecule has 0 aliphatic carbocycles. The summed E-state index contributed by atoms with van der Waals surface area (Å²) in [6.45, 7) is 0. The Morgan fingerprint density at radius 2 is 2.11 bits per heavy atom. The monoisotopic (exact) mass is 301 g/mol. The van der Waals surface area contributed by atoms with Gasteiger partial charge in [-0.05, 0) is 24.3 Å². The molecule has 0 atom stereocenters. The summed E-state index contributed by atoms with van der Waals surface area (Å²) in [4.78, 5) is 10.9. The van der Waals surface area contributed by atoms with Gasteiger partial charge < -0.3 is 5.11 Å². The predicted octanol–water partition coefficient (Wildman–Crippen LogP) is 1.56. The van der Waals surface area contributed by atoms with Gasteiger partial charge in [0.1, 0.15) is 0 Å². The minimum Gasteiger partial charge on any atom is -0.478 e. The highest BCUT2D eigenvalue weighted by molar-refractivity contribution is 7.92. The smallest absolute Gasteiger partial charge is 0.337 e. The lowest BCUT2D eigenvalue weighted by molar-refractivity contribution is 0.0697. The molecule has 0 aliphatic heterocycles. The van der Waals surface area contributed by atoms with E-state index in [0.29, 0.717) is 0 Å². The number of hydrogen-bond acceptors (Lipinski definition) is 4. The third-order valence-corrected chi connectivity index (χ3v) is 3.85. The number of H-pyrrole nitrogens is 1. The lowest BCUT2D eigenvalue weighted by atomic mass is 10.2. The number of halogens is 1. The Hall–Kier alpha value is -2.06. The van der Waals surface area contributed by atoms with Crippen molar-refractivity contribution in [2.75, 3.05) is 4.72 Å². The molecule has 0 saturated carbocycles. The van der Waals surface area contributed by atoms with Crippen molar-refractivity contribution in [3.63, 3.8) is 0 Å². The number of anilines is 1. The predicted molar refractivity (Wildman–Crippen MR) is 67.8 cm³/mol. The Bertz CT molecular complexity index is 712. The number of aromatic amines is 1. The second kappa shape index (κ2) is 4.90. The van der Waals surface area contributed by atoms with Crippen molar-refractivity contribution in [1.29, 1.82) is 0 Å². The van der Waals surface area contributed by atoms with Gasteiger partial charge in [-0.3, -0.25) is 9.82 Å². The van der Waals surface area contributed by atoms with Gasteiger partial charge in [0, 0.05) is 5.69 Å². The first-order valence-corrected chi connectivity index (χ1v) is 6.81. The van der Waals surface area contributed by atoms with E-state index in [1.807, 2.05) is 0 Å². The summed E-state index contributed by atoms with van der Waals surface area (Å²) < 4.78 is 26.0. The Labute approximate surface area is 113 Å². The number of nitrogens with one attached hydrogen (secondary N) is 2. The van der Waals surface area contributed by atoms with Crippen molar-refractivity contribution in [2.24, 2.45) is 0 Å². The molecule has 0 unspecified atom stereocenters. The van der Waals surface area contributed by atoms with Crippen LogP contribution in [0.5, 0.6) is 0 Å². The Morgan fingerprint density at radius 3 is 2.68 bits per heavy atom. The van der Waals surface area contributed by atoms with Gasteiger partial charge in [-0.15, -0.1) is 0 Å². The molecule has 0 radical (unpaired) electrons. The molecule has 0 saturated heterocycles. The van der Waals surface area contributed by atoms with Crippen LogP contribution in [-0.2, 0) is 10.0 Å². The summed E-state index contributed by atoms with van der Waals surface area (Å²) in [5, 5.41) is 14.6. The van der Waals surface area contributed by atoms with Crippen molar-refractivity contribution >= 4 is 33.3 Å². The van der Waals surface area contributed by atoms with Crippen LogP contribution in [0.2, 0.25) is 5.02 Å². The molecule has 7 nitrogen and oxygen atoms in total. The highest BCUT2D eigenvalue weighted by atomic mass is 35.5. The van der Waals surface area contributed by atoms with Crippen molar-refractivity contribution in [3.8, 4) is 0 Å². The van der Waals surface area contributed by atoms with Crippen molar-refractivity contribution in [2.45, 2.75) is 5.03 Å². The average Bonchev–Trinajstić information content (AvgIpc) is 2.85. The molecule has 0 spiro atoms. The van der Waals surface area contributed by atoms with E-state index in [-0.39, 0.29) is 21.3 Å². The molecule has 0 fully saturated rings. The minimum atomic E-state index is -3.83. The van der Waals surface area contributed by atoms with E-state index in [9.17, 15) is 13.2 Å². The maximum Gasteiger partial charge on any atom is 0.337 e. The molecule has 1 aromatic carbocycles. The number of carboxylic acid groups (broad SMARTS) is 1. The summed E-state index contributed by atoms with van der Waals surface area (Å²) in [5.74, 6) is -1.24. The quantitative estimate of drug-likeness (QED) is 0.793. The number of aromatic nitrogens is 2. The average molecular weight is 302 g/mol. The molecule has 1 heterocycles. The fourth-order valence-corrected chi connectivity index (χ4v) is 2.51. The third kappa shape index (κ3) is 2.85. The van der Waals surface area contributed by atoms with Crippen LogP contribution in [0.25, 0.3) is 0 Å². The highest BCUT2D eigenvalue weighted by Gasteiger charge is 2.17. The lowest BCUT2D eigenvalue weighted by Crippen LogP contribution is -2.14. The van der Waals surface area contributed by atoms with E-state index in [1.165, 1.54) is 24.4 Å². The van der Waals surface area contributed by atoms with Gasteiger partial charge in [-0.2, -0.15) is 13.5 Å². The minimum absolute atomic E-state index is 0.0250. The van der Waals surface area contributed by atoms with Crippen LogP contribution >= 0.6 is 11.6 Å². The van der Waals surface area contributed by atoms with Gasteiger partial charge in [-0.1, -0.05) is 11.6 Å². The zero-order valence-electron chi connectivity index (χ0n) is 9.29. The molecular formula is C10H8ClN3O4S. The molecule has 2 aromatic rings. The zero-order chi connectivity index (χ0) is 14.0. The first-order chi connectivity index (χ1) is 8.90. The van der Waals surface area contributed by atoms with Gasteiger partial charge in [0.25, 0.3) is 10.0 Å². The number of carbonyl (C=O) groups is 1. The van der Waals surface area contributed by atoms with Crippen molar-refractivity contribution < 1.29 is 18.3 Å². The summed E-state index contributed by atoms with van der Waals surface area (Å²) in [6.07, 6.45) is 1.29. The zero-order valence-corrected chi connectivity index (χ0v) is 10.9. The molecule has 0 amide bonds. The fourth-order valence-electron chi connectivity index (χ4n) is 1.36. The molecule has 100 valence electrons. The summed E-state index contributed by atoms with van der Waals surface area (Å²) in [5.41, 5.74) is -0.0946. The van der Waals surface area contributed by atoms with Crippen molar-refractivity contribution in [3.05, 3.63) is 41.0 Å². The Balaban J connectivity index is 2.35. The first kappa shape index (κ1) is 13.4. The van der Waals surface area contributed by atoms with Gasteiger partial charge in [-0.25, -0.2) is 4.79 Å². The summed E-state index contributed by atoms with van der Waals surface area (Å²) >= 11 is 5.69. The molecule has 0 aliphatic rings. The van der Waals surface area contributed by atoms with Crippen LogP contribution in [0.1, 0.15) is 10.4 Å². The molecule has 9 heteroatoms. The number of benzene rings is 1. The van der Waals surface area contributed by atoms with Gasteiger partial charge >= 0.3 is 5.97 Å². The molecule has 1 aromatic heterocycles. The van der Waals surface area contributed by atoms with E-state index in [4.69, 9.17) is 16.7 Å². The lowest BCUT2D eigenvalue weighted by Gasteiger charge is -2.07. The Morgan fingerprint density at radius 1 is 1.37 bits per heavy atom. The van der Waals surface area contributed by atoms with Crippen LogP contribution < -0.4 is 4.72 Å². The third-order valence-electron chi connectivity index (χ3n) is 2.21. The van der Waals surface area contributed by atoms with E-state index in [0.717, 1.165) is 6.07 Å². The van der Waals surface area contributed by atoms with Crippen LogP contribution in [0.4, 0.5) is 5.69 Å². The summed E-state index contributed by atoms with van der Waals surface area (Å²) in [7, 11) is -3.83. The van der Waals surface area contributed by atoms with Crippen LogP contribution in [0.15, 0.2) is 35.5 Å². The largest absolute Gasteiger partial charge is 0.478 e. The van der Waals surface area contributed by atoms with Gasteiger partial charge in [0.15, 0.2) is 5.03 Å². The first-order valence-electron chi connectivity index (χ1n) is 4.95. The number of rotatable bonds is 4. The van der Waals surface area contributed by atoms with Crippen LogP contribution in [-0.4, -0.2) is 29.7 Å². The number of carboxylic acids is 1. The van der Waals surface area contributed by atoms with E-state index >= 15 is 0 Å². The molecule has 3 N–H and O–H groups in total. The molecule has 19 heavy (non-hydrogen) atoms. The Kier molecular flexibility index (Phi) is 3.45. The topological polar surface area (TPSA) is 112 Å². The number of aromatic carboxylic acids is 1. The number of nitrogens with zero attached hydrogens (tertiary/aromatic N) is 1. The standard InChI is InChI=1S/C10H8ClN3O4S/c11-8-2-1-6(5-7(8)10(15)16)14-19(17,18)9-3-4-12-13-9/h1-5,14H,(H,12,13)(H,15,16). The normalized spacial score (nSPS) is 11.2. The highest BCUT2D eigenvalue weighted by Crippen LogP contribution is 2.22. The summed E-state index contributed by atoms with van der Waals surface area (Å²) in [6, 6.07) is 5.08. The molecular weight excluding hydrogens is 294 g/mol. The number of sulfonamides is 1. The van der Waals surface area contributed by atoms with Crippen LogP contribution in [0, 0.1) is 0 Å². The van der Waals surface area contributed by atoms with Crippen LogP contribution in [0.3, 0.4) is 0 Å². The van der Waals surface area contributed by atoms with E-state index < -0.39 is 16.0 Å². The number of hydrogen-bond donors (Lipinski definition) is 3. The maximum atomic E-state index is 11.9. The van der Waals surface area contributed by atoms with E-state index in [2.05, 4.69) is 14.9 Å². The second-order valence-electron chi connectivity index (χ2n) is 3.53. The van der Waals surface area contributed by atoms with Gasteiger partial charge in [0.2, 0.25) is 0 Å². The molecule has 2 rings (SSSR count). The van der Waals surface area contributed by atoms with Crippen molar-refractivity contribution in [1.82, 2.24) is 10.2 Å². The van der Waals surface area contributed by atoms with Gasteiger partial charge in [0.05, 0.1) is 16.8 Å². The van der Waals surface area contributed by atoms with E-state index in [1.54, 1.807) is 0 Å². The SMILES string of the molecule is O=C(O)c1cc(NS(=O)(=O)c2ccn[nH]2)ccc1Cl. The molecule has 0 bridgehead atoms. The second-order valence-corrected chi connectivity index (χ2v) is 5.58. The fraction of sp³-hybridized carbons (Fsp3) is 0. The maximum absolute atomic E-state index is 11.9.